The Hall–Kier alpha value is 0.270. The summed E-state index contributed by atoms with van der Waals surface area (Å²) in [6, 6.07) is 0.440. The number of rotatable bonds is 3. The molecule has 14 heavy (non-hydrogen) atoms. The van der Waals surface area contributed by atoms with Crippen molar-refractivity contribution < 1.29 is 0 Å². The summed E-state index contributed by atoms with van der Waals surface area (Å²) in [5.74, 6) is 0. The molecule has 1 aliphatic carbocycles. The number of likely N-dealkylation sites (tertiary alicyclic amines) is 1. The number of nitrogens with two attached hydrogens (primary N) is 1. The molecule has 0 radical (unpaired) electrons. The molecule has 0 spiro atoms. The topological polar surface area (TPSA) is 29.3 Å². The van der Waals surface area contributed by atoms with Crippen LogP contribution in [0.5, 0.6) is 0 Å². The molecule has 1 aliphatic heterocycles. The third-order valence-electron chi connectivity index (χ3n) is 3.77. The van der Waals surface area contributed by atoms with E-state index < -0.39 is 0 Å². The van der Waals surface area contributed by atoms with Crippen molar-refractivity contribution in [1.29, 1.82) is 0 Å². The zero-order chi connectivity index (χ0) is 10.0. The maximum Gasteiger partial charge on any atom is 0.0284 e. The molecule has 1 saturated heterocycles. The lowest BCUT2D eigenvalue weighted by atomic mass is 10.1. The van der Waals surface area contributed by atoms with E-state index >= 15 is 0 Å². The molecule has 0 amide bonds. The first-order chi connectivity index (χ1) is 6.74. The minimum atomic E-state index is 0.440. The van der Waals surface area contributed by atoms with Crippen LogP contribution in [-0.2, 0) is 0 Å². The number of nitrogens with zero attached hydrogens (tertiary/aromatic N) is 1. The van der Waals surface area contributed by atoms with Gasteiger partial charge in [-0.25, -0.2) is 0 Å². The van der Waals surface area contributed by atoms with Gasteiger partial charge in [-0.15, -0.1) is 0 Å². The van der Waals surface area contributed by atoms with Crippen LogP contribution < -0.4 is 5.73 Å². The monoisotopic (exact) mass is 214 g/mol. The second-order valence-electron chi connectivity index (χ2n) is 4.88. The summed E-state index contributed by atoms with van der Waals surface area (Å²) in [6.45, 7) is 3.63. The van der Waals surface area contributed by atoms with Crippen molar-refractivity contribution in [2.24, 2.45) is 5.73 Å². The Kier molecular flexibility index (Phi) is 3.40. The second-order valence-corrected chi connectivity index (χ2v) is 6.15. The predicted molar refractivity (Wildman–Crippen MR) is 63.7 cm³/mol. The van der Waals surface area contributed by atoms with Crippen LogP contribution in [0.3, 0.4) is 0 Å². The van der Waals surface area contributed by atoms with Crippen molar-refractivity contribution in [2.75, 3.05) is 25.9 Å². The summed E-state index contributed by atoms with van der Waals surface area (Å²) in [5.41, 5.74) is 5.94. The highest BCUT2D eigenvalue weighted by Crippen LogP contribution is 2.41. The smallest absolute Gasteiger partial charge is 0.0284 e. The minimum absolute atomic E-state index is 0.440. The molecular formula is C11H22N2S. The number of hydrogen-bond donors (Lipinski definition) is 1. The van der Waals surface area contributed by atoms with Crippen LogP contribution in [0.2, 0.25) is 0 Å². The van der Waals surface area contributed by atoms with E-state index in [2.05, 4.69) is 22.9 Å². The molecule has 0 aromatic rings. The van der Waals surface area contributed by atoms with Gasteiger partial charge < -0.3 is 10.6 Å². The fourth-order valence-electron chi connectivity index (χ4n) is 2.86. The van der Waals surface area contributed by atoms with E-state index in [9.17, 15) is 0 Å². The van der Waals surface area contributed by atoms with Crippen LogP contribution in [0, 0.1) is 0 Å². The summed E-state index contributed by atoms with van der Waals surface area (Å²) in [4.78, 5) is 2.58. The molecule has 2 rings (SSSR count). The molecule has 1 atom stereocenters. The van der Waals surface area contributed by atoms with Gasteiger partial charge in [0.05, 0.1) is 0 Å². The van der Waals surface area contributed by atoms with E-state index in [-0.39, 0.29) is 0 Å². The average molecular weight is 214 g/mol. The van der Waals surface area contributed by atoms with Gasteiger partial charge in [0.25, 0.3) is 0 Å². The zero-order valence-corrected chi connectivity index (χ0v) is 9.98. The number of hydrogen-bond acceptors (Lipinski definition) is 3. The van der Waals surface area contributed by atoms with Gasteiger partial charge in [-0.3, -0.25) is 0 Å². The molecule has 0 aromatic heterocycles. The van der Waals surface area contributed by atoms with Crippen molar-refractivity contribution >= 4 is 11.8 Å². The average Bonchev–Trinajstić information content (AvgIpc) is 2.77. The van der Waals surface area contributed by atoms with E-state index in [0.29, 0.717) is 10.8 Å². The Morgan fingerprint density at radius 3 is 2.64 bits per heavy atom. The lowest BCUT2D eigenvalue weighted by molar-refractivity contribution is 0.295. The van der Waals surface area contributed by atoms with Crippen LogP contribution in [0.25, 0.3) is 0 Å². The van der Waals surface area contributed by atoms with Crippen LogP contribution in [0.15, 0.2) is 0 Å². The van der Waals surface area contributed by atoms with E-state index in [1.807, 2.05) is 0 Å². The van der Waals surface area contributed by atoms with Gasteiger partial charge >= 0.3 is 0 Å². The Labute approximate surface area is 91.6 Å². The first-order valence-electron chi connectivity index (χ1n) is 5.77. The van der Waals surface area contributed by atoms with E-state index in [1.54, 1.807) is 0 Å². The maximum atomic E-state index is 5.94. The maximum absolute atomic E-state index is 5.94. The fourth-order valence-corrected chi connectivity index (χ4v) is 3.87. The van der Waals surface area contributed by atoms with Gasteiger partial charge in [-0.05, 0) is 32.1 Å². The number of thioether (sulfide) groups is 1. The molecule has 1 unspecified atom stereocenters. The molecule has 2 aliphatic rings. The lowest BCUT2D eigenvalue weighted by Crippen LogP contribution is -2.38. The highest BCUT2D eigenvalue weighted by atomic mass is 32.2. The van der Waals surface area contributed by atoms with Gasteiger partial charge in [0.1, 0.15) is 0 Å². The minimum Gasteiger partial charge on any atom is -0.326 e. The predicted octanol–water partition coefficient (Wildman–Crippen LogP) is 1.70. The van der Waals surface area contributed by atoms with Gasteiger partial charge in [0.2, 0.25) is 0 Å². The molecule has 0 bridgehead atoms. The standard InChI is InChI=1S/C11H22N2S/c1-14-11(5-2-3-6-11)9-13-7-4-10(12)8-13/h10H,2-9,12H2,1H3. The molecule has 1 saturated carbocycles. The molecule has 2 N–H and O–H groups in total. The summed E-state index contributed by atoms with van der Waals surface area (Å²) in [5, 5.41) is 0. The summed E-state index contributed by atoms with van der Waals surface area (Å²) in [6.07, 6.45) is 9.17. The first-order valence-corrected chi connectivity index (χ1v) is 7.00. The van der Waals surface area contributed by atoms with E-state index in [1.165, 1.54) is 45.2 Å². The van der Waals surface area contributed by atoms with E-state index in [0.717, 1.165) is 6.54 Å². The molecule has 2 fully saturated rings. The Bertz CT molecular complexity index is 190. The van der Waals surface area contributed by atoms with Crippen molar-refractivity contribution in [1.82, 2.24) is 4.90 Å². The van der Waals surface area contributed by atoms with Crippen molar-refractivity contribution in [3.8, 4) is 0 Å². The molecule has 1 heterocycles. The highest BCUT2D eigenvalue weighted by Gasteiger charge is 2.36. The normalized spacial score (nSPS) is 32.6. The largest absolute Gasteiger partial charge is 0.326 e. The van der Waals surface area contributed by atoms with Crippen molar-refractivity contribution in [3.05, 3.63) is 0 Å². The Balaban J connectivity index is 1.88. The van der Waals surface area contributed by atoms with Crippen LogP contribution in [0.1, 0.15) is 32.1 Å². The fraction of sp³-hybridized carbons (Fsp3) is 1.00. The third kappa shape index (κ3) is 2.26. The van der Waals surface area contributed by atoms with Crippen molar-refractivity contribution in [2.45, 2.75) is 42.9 Å². The van der Waals surface area contributed by atoms with Gasteiger partial charge in [-0.1, -0.05) is 12.8 Å². The SMILES string of the molecule is CSC1(CN2CCC(N)C2)CCCC1. The summed E-state index contributed by atoms with van der Waals surface area (Å²) >= 11 is 2.09. The zero-order valence-electron chi connectivity index (χ0n) is 9.17. The van der Waals surface area contributed by atoms with Gasteiger partial charge in [0, 0.05) is 23.9 Å². The molecule has 3 heteroatoms. The van der Waals surface area contributed by atoms with Gasteiger partial charge in [0.15, 0.2) is 0 Å². The molecule has 0 aromatic carbocycles. The summed E-state index contributed by atoms with van der Waals surface area (Å²) < 4.78 is 0.573. The molecule has 2 nitrogen and oxygen atoms in total. The summed E-state index contributed by atoms with van der Waals surface area (Å²) in [7, 11) is 0. The Morgan fingerprint density at radius 1 is 1.43 bits per heavy atom. The lowest BCUT2D eigenvalue weighted by Gasteiger charge is -2.31. The quantitative estimate of drug-likeness (QED) is 0.775. The first kappa shape index (κ1) is 10.8. The van der Waals surface area contributed by atoms with E-state index in [4.69, 9.17) is 5.73 Å². The molecular weight excluding hydrogens is 192 g/mol. The van der Waals surface area contributed by atoms with Crippen molar-refractivity contribution in [3.63, 3.8) is 0 Å². The van der Waals surface area contributed by atoms with Crippen LogP contribution in [0.4, 0.5) is 0 Å². The van der Waals surface area contributed by atoms with Crippen LogP contribution >= 0.6 is 11.8 Å². The van der Waals surface area contributed by atoms with Gasteiger partial charge in [-0.2, -0.15) is 11.8 Å². The Morgan fingerprint density at radius 2 is 2.14 bits per heavy atom. The third-order valence-corrected chi connectivity index (χ3v) is 5.17. The van der Waals surface area contributed by atoms with Crippen LogP contribution in [-0.4, -0.2) is 41.6 Å². The highest BCUT2D eigenvalue weighted by molar-refractivity contribution is 8.00. The second kappa shape index (κ2) is 4.42. The molecule has 82 valence electrons.